The van der Waals surface area contributed by atoms with Crippen LogP contribution in [-0.4, -0.2) is 35.8 Å². The number of carbonyl (C=O) groups excluding carboxylic acids is 2. The minimum Gasteiger partial charge on any atom is -0.451 e. The van der Waals surface area contributed by atoms with E-state index in [9.17, 15) is 9.59 Å². The maximum atomic E-state index is 12.6. The third kappa shape index (κ3) is 2.51. The van der Waals surface area contributed by atoms with Gasteiger partial charge in [-0.1, -0.05) is 11.6 Å². The Hall–Kier alpha value is -2.30. The van der Waals surface area contributed by atoms with Gasteiger partial charge in [0.05, 0.1) is 0 Å². The molecule has 1 fully saturated rings. The molecule has 2 aromatic rings. The molecule has 1 saturated heterocycles. The predicted molar refractivity (Wildman–Crippen MR) is 79.1 cm³/mol. The molecule has 5 nitrogen and oxygen atoms in total. The molecule has 2 amide bonds. The number of furan rings is 1. The zero-order valence-corrected chi connectivity index (χ0v) is 12.2. The first-order valence-electron chi connectivity index (χ1n) is 7.15. The predicted octanol–water partition coefficient (Wildman–Crippen LogP) is 2.09. The topological polar surface area (TPSA) is 62.6 Å². The van der Waals surface area contributed by atoms with Gasteiger partial charge in [0.25, 0.3) is 5.91 Å². The molecular formula is C16H18N2O3. The van der Waals surface area contributed by atoms with Gasteiger partial charge in [-0.2, -0.15) is 0 Å². The second-order valence-corrected chi connectivity index (χ2v) is 5.47. The van der Waals surface area contributed by atoms with Crippen molar-refractivity contribution < 1.29 is 14.0 Å². The lowest BCUT2D eigenvalue weighted by molar-refractivity contribution is -0.124. The number of hydrogen-bond acceptors (Lipinski definition) is 3. The molecule has 3 rings (SSSR count). The van der Waals surface area contributed by atoms with Crippen LogP contribution in [0.4, 0.5) is 0 Å². The first-order valence-corrected chi connectivity index (χ1v) is 7.15. The molecule has 1 aromatic carbocycles. The molecule has 1 aliphatic rings. The van der Waals surface area contributed by atoms with Crippen LogP contribution < -0.4 is 5.32 Å². The van der Waals surface area contributed by atoms with E-state index in [1.54, 1.807) is 17.9 Å². The number of rotatable bonds is 1. The van der Waals surface area contributed by atoms with Crippen molar-refractivity contribution in [3.63, 3.8) is 0 Å². The Balaban J connectivity index is 1.93. The average molecular weight is 286 g/mol. The van der Waals surface area contributed by atoms with Crippen LogP contribution in [0.2, 0.25) is 0 Å². The smallest absolute Gasteiger partial charge is 0.290 e. The van der Waals surface area contributed by atoms with Crippen LogP contribution in [0, 0.1) is 6.92 Å². The summed E-state index contributed by atoms with van der Waals surface area (Å²) in [6, 6.07) is 7.06. The molecule has 1 N–H and O–H groups in total. The van der Waals surface area contributed by atoms with E-state index in [1.165, 1.54) is 0 Å². The summed E-state index contributed by atoms with van der Waals surface area (Å²) in [5.74, 6) is -0.0571. The van der Waals surface area contributed by atoms with Crippen LogP contribution in [0.15, 0.2) is 28.7 Å². The molecular weight excluding hydrogens is 268 g/mol. The van der Waals surface area contributed by atoms with Crippen LogP contribution in [0.5, 0.6) is 0 Å². The van der Waals surface area contributed by atoms with Gasteiger partial charge in [-0.05, 0) is 38.5 Å². The Morgan fingerprint density at radius 3 is 3.00 bits per heavy atom. The van der Waals surface area contributed by atoms with Crippen LogP contribution >= 0.6 is 0 Å². The fourth-order valence-electron chi connectivity index (χ4n) is 2.63. The van der Waals surface area contributed by atoms with Gasteiger partial charge in [-0.15, -0.1) is 0 Å². The second kappa shape index (κ2) is 5.24. The summed E-state index contributed by atoms with van der Waals surface area (Å²) in [5.41, 5.74) is 1.81. The highest BCUT2D eigenvalue weighted by atomic mass is 16.3. The normalized spacial score (nSPS) is 19.4. The fourth-order valence-corrected chi connectivity index (χ4v) is 2.63. The molecule has 0 aliphatic carbocycles. The number of amides is 2. The Morgan fingerprint density at radius 1 is 1.38 bits per heavy atom. The van der Waals surface area contributed by atoms with Crippen molar-refractivity contribution >= 4 is 22.8 Å². The Kier molecular flexibility index (Phi) is 3.41. The third-order valence-corrected chi connectivity index (χ3v) is 3.87. The SMILES string of the molecule is Cc1ccc2oc(C(=O)N3CCCNC(=O)[C@@H]3C)cc2c1. The summed E-state index contributed by atoms with van der Waals surface area (Å²) < 4.78 is 5.64. The molecule has 0 spiro atoms. The van der Waals surface area contributed by atoms with E-state index in [2.05, 4.69) is 5.32 Å². The zero-order chi connectivity index (χ0) is 15.0. The molecule has 0 saturated carbocycles. The minimum atomic E-state index is -0.477. The quantitative estimate of drug-likeness (QED) is 0.873. The largest absolute Gasteiger partial charge is 0.451 e. The van der Waals surface area contributed by atoms with E-state index in [-0.39, 0.29) is 17.6 Å². The molecule has 2 heterocycles. The molecule has 1 atom stereocenters. The van der Waals surface area contributed by atoms with Gasteiger partial charge in [-0.25, -0.2) is 0 Å². The molecule has 0 unspecified atom stereocenters. The highest BCUT2D eigenvalue weighted by molar-refractivity contribution is 5.98. The van der Waals surface area contributed by atoms with Gasteiger partial charge in [0, 0.05) is 18.5 Å². The van der Waals surface area contributed by atoms with Crippen LogP contribution in [0.3, 0.4) is 0 Å². The number of fused-ring (bicyclic) bond motifs is 1. The van der Waals surface area contributed by atoms with E-state index in [4.69, 9.17) is 4.42 Å². The zero-order valence-electron chi connectivity index (χ0n) is 12.2. The second-order valence-electron chi connectivity index (χ2n) is 5.47. The number of hydrogen-bond donors (Lipinski definition) is 1. The number of nitrogens with zero attached hydrogens (tertiary/aromatic N) is 1. The Bertz CT molecular complexity index is 705. The van der Waals surface area contributed by atoms with Crippen LogP contribution in [0.1, 0.15) is 29.5 Å². The molecule has 5 heteroatoms. The van der Waals surface area contributed by atoms with E-state index in [1.807, 2.05) is 25.1 Å². The van der Waals surface area contributed by atoms with Crippen molar-refractivity contribution in [1.82, 2.24) is 10.2 Å². The molecule has 1 aromatic heterocycles. The van der Waals surface area contributed by atoms with Gasteiger partial charge >= 0.3 is 0 Å². The molecule has 1 aliphatic heterocycles. The first-order chi connectivity index (χ1) is 10.1. The van der Waals surface area contributed by atoms with E-state index < -0.39 is 6.04 Å². The molecule has 21 heavy (non-hydrogen) atoms. The van der Waals surface area contributed by atoms with Crippen LogP contribution in [0.25, 0.3) is 11.0 Å². The Labute approximate surface area is 122 Å². The number of carbonyl (C=O) groups is 2. The standard InChI is InChI=1S/C16H18N2O3/c1-10-4-5-13-12(8-10)9-14(21-13)16(20)18-7-3-6-17-15(19)11(18)2/h4-5,8-9,11H,3,6-7H2,1-2H3,(H,17,19)/t11-/m0/s1. The van der Waals surface area contributed by atoms with Crippen LogP contribution in [-0.2, 0) is 4.79 Å². The van der Waals surface area contributed by atoms with Gasteiger partial charge in [0.1, 0.15) is 11.6 Å². The monoisotopic (exact) mass is 286 g/mol. The lowest BCUT2D eigenvalue weighted by Gasteiger charge is -2.24. The van der Waals surface area contributed by atoms with E-state index in [0.29, 0.717) is 18.7 Å². The summed E-state index contributed by atoms with van der Waals surface area (Å²) in [5, 5.41) is 3.71. The highest BCUT2D eigenvalue weighted by Crippen LogP contribution is 2.22. The van der Waals surface area contributed by atoms with Crippen molar-refractivity contribution in [3.8, 4) is 0 Å². The number of aryl methyl sites for hydroxylation is 1. The van der Waals surface area contributed by atoms with Crippen molar-refractivity contribution in [2.75, 3.05) is 13.1 Å². The number of nitrogens with one attached hydrogen (secondary N) is 1. The summed E-state index contributed by atoms with van der Waals surface area (Å²) in [6.07, 6.45) is 0.751. The summed E-state index contributed by atoms with van der Waals surface area (Å²) in [4.78, 5) is 26.0. The van der Waals surface area contributed by atoms with Crippen molar-refractivity contribution in [2.45, 2.75) is 26.3 Å². The van der Waals surface area contributed by atoms with Crippen molar-refractivity contribution in [1.29, 1.82) is 0 Å². The molecule has 0 radical (unpaired) electrons. The van der Waals surface area contributed by atoms with Gasteiger partial charge in [-0.3, -0.25) is 9.59 Å². The van der Waals surface area contributed by atoms with Crippen molar-refractivity contribution in [2.24, 2.45) is 0 Å². The fraction of sp³-hybridized carbons (Fsp3) is 0.375. The summed E-state index contributed by atoms with van der Waals surface area (Å²) >= 11 is 0. The lowest BCUT2D eigenvalue weighted by Crippen LogP contribution is -2.45. The summed E-state index contributed by atoms with van der Waals surface area (Å²) in [7, 11) is 0. The number of benzene rings is 1. The highest BCUT2D eigenvalue weighted by Gasteiger charge is 2.30. The maximum Gasteiger partial charge on any atom is 0.290 e. The van der Waals surface area contributed by atoms with Crippen molar-refractivity contribution in [3.05, 3.63) is 35.6 Å². The van der Waals surface area contributed by atoms with Gasteiger partial charge in [0.15, 0.2) is 5.76 Å². The Morgan fingerprint density at radius 2 is 2.19 bits per heavy atom. The molecule has 110 valence electrons. The van der Waals surface area contributed by atoms with E-state index >= 15 is 0 Å². The molecule has 0 bridgehead atoms. The average Bonchev–Trinajstić information content (AvgIpc) is 2.81. The summed E-state index contributed by atoms with van der Waals surface area (Å²) in [6.45, 7) is 4.89. The first kappa shape index (κ1) is 13.7. The van der Waals surface area contributed by atoms with E-state index in [0.717, 1.165) is 17.4 Å². The van der Waals surface area contributed by atoms with Gasteiger partial charge < -0.3 is 14.6 Å². The van der Waals surface area contributed by atoms with Gasteiger partial charge in [0.2, 0.25) is 5.91 Å². The third-order valence-electron chi connectivity index (χ3n) is 3.87. The minimum absolute atomic E-state index is 0.118. The lowest BCUT2D eigenvalue weighted by atomic mass is 10.2. The maximum absolute atomic E-state index is 12.6.